The van der Waals surface area contributed by atoms with Crippen LogP contribution < -0.4 is 14.4 Å². The van der Waals surface area contributed by atoms with Crippen molar-refractivity contribution in [1.82, 2.24) is 0 Å². The lowest BCUT2D eigenvalue weighted by Gasteiger charge is -2.29. The molecule has 0 aromatic heterocycles. The molecule has 31 heavy (non-hydrogen) atoms. The van der Waals surface area contributed by atoms with Crippen LogP contribution in [-0.2, 0) is 14.3 Å². The van der Waals surface area contributed by atoms with Crippen LogP contribution in [0.15, 0.2) is 42.5 Å². The summed E-state index contributed by atoms with van der Waals surface area (Å²) in [5.74, 6) is 0.600. The lowest BCUT2D eigenvalue weighted by molar-refractivity contribution is -0.143. The number of hydrogen-bond acceptors (Lipinski definition) is 6. The average molecular weight is 425 g/mol. The molecule has 1 aliphatic rings. The Bertz CT molecular complexity index is 955. The number of benzene rings is 2. The summed E-state index contributed by atoms with van der Waals surface area (Å²) in [4.78, 5) is 38.1. The Morgan fingerprint density at radius 2 is 1.97 bits per heavy atom. The highest BCUT2D eigenvalue weighted by Gasteiger charge is 2.26. The van der Waals surface area contributed by atoms with Crippen LogP contribution in [-0.4, -0.2) is 44.0 Å². The molecule has 2 aromatic rings. The third-order valence-corrected chi connectivity index (χ3v) is 4.87. The Labute approximate surface area is 181 Å². The van der Waals surface area contributed by atoms with Crippen LogP contribution in [0.1, 0.15) is 42.1 Å². The van der Waals surface area contributed by atoms with Crippen LogP contribution in [0.5, 0.6) is 11.5 Å². The molecule has 0 atom stereocenters. The number of ether oxygens (including phenoxy) is 3. The maximum Gasteiger partial charge on any atom is 0.306 e. The minimum atomic E-state index is -0.400. The van der Waals surface area contributed by atoms with Crippen LogP contribution in [0.4, 0.5) is 5.69 Å². The predicted molar refractivity (Wildman–Crippen MR) is 116 cm³/mol. The van der Waals surface area contributed by atoms with Crippen molar-refractivity contribution < 1.29 is 28.6 Å². The van der Waals surface area contributed by atoms with Crippen LogP contribution >= 0.6 is 0 Å². The second-order valence-corrected chi connectivity index (χ2v) is 7.26. The van der Waals surface area contributed by atoms with Crippen molar-refractivity contribution in [3.63, 3.8) is 0 Å². The lowest BCUT2D eigenvalue weighted by Crippen LogP contribution is -2.40. The largest absolute Gasteiger partial charge is 0.494 e. The van der Waals surface area contributed by atoms with E-state index in [4.69, 9.17) is 14.2 Å². The molecular formula is C24H27NO6. The molecule has 7 nitrogen and oxygen atoms in total. The first-order chi connectivity index (χ1) is 15.0. The van der Waals surface area contributed by atoms with Crippen LogP contribution in [0.3, 0.4) is 0 Å². The number of rotatable bonds is 10. The molecule has 0 saturated carbocycles. The molecule has 0 unspecified atom stereocenters. The number of anilines is 1. The van der Waals surface area contributed by atoms with E-state index in [0.717, 1.165) is 11.3 Å². The molecular weight excluding hydrogens is 398 g/mol. The zero-order chi connectivity index (χ0) is 22.2. The van der Waals surface area contributed by atoms with Gasteiger partial charge in [-0.3, -0.25) is 14.4 Å². The molecule has 0 N–H and O–H groups in total. The molecule has 164 valence electrons. The van der Waals surface area contributed by atoms with Crippen molar-refractivity contribution >= 4 is 23.3 Å². The number of ketones is 1. The summed E-state index contributed by atoms with van der Waals surface area (Å²) in [6.45, 7) is 4.88. The van der Waals surface area contributed by atoms with Crippen molar-refractivity contribution in [3.05, 3.63) is 53.6 Å². The van der Waals surface area contributed by atoms with Gasteiger partial charge < -0.3 is 19.1 Å². The Morgan fingerprint density at radius 3 is 2.74 bits per heavy atom. The normalized spacial score (nSPS) is 12.7. The van der Waals surface area contributed by atoms with Gasteiger partial charge in [0.2, 0.25) is 0 Å². The summed E-state index contributed by atoms with van der Waals surface area (Å²) < 4.78 is 16.1. The quantitative estimate of drug-likeness (QED) is 0.328. The molecule has 3 rings (SSSR count). The fraction of sp³-hybridized carbons (Fsp3) is 0.375. The van der Waals surface area contributed by atoms with Crippen LogP contribution in [0, 0.1) is 6.92 Å². The van der Waals surface area contributed by atoms with E-state index < -0.39 is 5.97 Å². The van der Waals surface area contributed by atoms with E-state index in [-0.39, 0.29) is 37.7 Å². The van der Waals surface area contributed by atoms with Gasteiger partial charge in [-0.25, -0.2) is 0 Å². The van der Waals surface area contributed by atoms with E-state index in [0.29, 0.717) is 36.6 Å². The third-order valence-electron chi connectivity index (χ3n) is 4.87. The van der Waals surface area contributed by atoms with Crippen LogP contribution in [0.25, 0.3) is 0 Å². The summed E-state index contributed by atoms with van der Waals surface area (Å²) in [7, 11) is 0. The topological polar surface area (TPSA) is 82.1 Å². The minimum absolute atomic E-state index is 0.0270. The number of amides is 1. The molecule has 0 saturated heterocycles. The molecule has 0 radical (unpaired) electrons. The SMILES string of the molecule is CCOC(=O)CCC(=O)c1ccc2c(c1)N(CCCOc1cccc(C)c1)C(=O)CO2. The maximum absolute atomic E-state index is 12.5. The van der Waals surface area contributed by atoms with Crippen molar-refractivity contribution in [2.45, 2.75) is 33.1 Å². The number of carbonyl (C=O) groups excluding carboxylic acids is 3. The van der Waals surface area contributed by atoms with Gasteiger partial charge in [0.1, 0.15) is 11.5 Å². The van der Waals surface area contributed by atoms with Gasteiger partial charge in [-0.1, -0.05) is 12.1 Å². The van der Waals surface area contributed by atoms with Gasteiger partial charge in [-0.05, 0) is 56.2 Å². The summed E-state index contributed by atoms with van der Waals surface area (Å²) in [6.07, 6.45) is 0.704. The van der Waals surface area contributed by atoms with Gasteiger partial charge in [0.05, 0.1) is 25.3 Å². The molecule has 1 amide bonds. The first-order valence-corrected chi connectivity index (χ1v) is 10.4. The Morgan fingerprint density at radius 1 is 1.13 bits per heavy atom. The highest BCUT2D eigenvalue weighted by Crippen LogP contribution is 2.33. The summed E-state index contributed by atoms with van der Waals surface area (Å²) >= 11 is 0. The average Bonchev–Trinajstić information content (AvgIpc) is 2.76. The van der Waals surface area contributed by atoms with Gasteiger partial charge in [-0.2, -0.15) is 0 Å². The van der Waals surface area contributed by atoms with E-state index >= 15 is 0 Å². The molecule has 0 spiro atoms. The molecule has 0 bridgehead atoms. The fourth-order valence-corrected chi connectivity index (χ4v) is 3.33. The van der Waals surface area contributed by atoms with Crippen molar-refractivity contribution in [2.75, 3.05) is 31.3 Å². The Kier molecular flexibility index (Phi) is 7.65. The molecule has 7 heteroatoms. The number of fused-ring (bicyclic) bond motifs is 1. The van der Waals surface area contributed by atoms with Gasteiger partial charge in [-0.15, -0.1) is 0 Å². The number of nitrogens with zero attached hydrogens (tertiary/aromatic N) is 1. The minimum Gasteiger partial charge on any atom is -0.494 e. The summed E-state index contributed by atoms with van der Waals surface area (Å²) in [5.41, 5.74) is 2.12. The Hall–Kier alpha value is -3.35. The predicted octanol–water partition coefficient (Wildman–Crippen LogP) is 3.72. The second kappa shape index (κ2) is 10.6. The number of hydrogen-bond donors (Lipinski definition) is 0. The standard InChI is InChI=1S/C24H27NO6/c1-3-29-24(28)11-9-21(26)18-8-10-22-20(15-18)25(23(27)16-31-22)12-5-13-30-19-7-4-6-17(2)14-19/h4,6-8,10,14-15H,3,5,9,11-13,16H2,1-2H3. The fourth-order valence-electron chi connectivity index (χ4n) is 3.33. The van der Waals surface area contributed by atoms with Crippen LogP contribution in [0.2, 0.25) is 0 Å². The van der Waals surface area contributed by atoms with Gasteiger partial charge in [0.15, 0.2) is 12.4 Å². The van der Waals surface area contributed by atoms with Gasteiger partial charge in [0.25, 0.3) is 5.91 Å². The lowest BCUT2D eigenvalue weighted by atomic mass is 10.0. The summed E-state index contributed by atoms with van der Waals surface area (Å²) in [6, 6.07) is 12.8. The zero-order valence-corrected chi connectivity index (χ0v) is 17.9. The van der Waals surface area contributed by atoms with Crippen molar-refractivity contribution in [3.8, 4) is 11.5 Å². The Balaban J connectivity index is 1.62. The monoisotopic (exact) mass is 425 g/mol. The second-order valence-electron chi connectivity index (χ2n) is 7.26. The number of aryl methyl sites for hydroxylation is 1. The van der Waals surface area contributed by atoms with E-state index in [1.54, 1.807) is 30.0 Å². The molecule has 1 aliphatic heterocycles. The molecule has 2 aromatic carbocycles. The van der Waals surface area contributed by atoms with E-state index in [2.05, 4.69) is 0 Å². The highest BCUT2D eigenvalue weighted by molar-refractivity contribution is 6.02. The van der Waals surface area contributed by atoms with E-state index in [1.165, 1.54) is 0 Å². The van der Waals surface area contributed by atoms with Gasteiger partial charge >= 0.3 is 5.97 Å². The number of Topliss-reactive ketones (excluding diaryl/α,β-unsaturated/α-hetero) is 1. The molecule has 0 aliphatic carbocycles. The number of esters is 1. The van der Waals surface area contributed by atoms with Crippen molar-refractivity contribution in [1.29, 1.82) is 0 Å². The molecule has 1 heterocycles. The first-order valence-electron chi connectivity index (χ1n) is 10.4. The van der Waals surface area contributed by atoms with E-state index in [9.17, 15) is 14.4 Å². The van der Waals surface area contributed by atoms with E-state index in [1.807, 2.05) is 31.2 Å². The number of carbonyl (C=O) groups is 3. The van der Waals surface area contributed by atoms with Gasteiger partial charge in [0, 0.05) is 18.5 Å². The zero-order valence-electron chi connectivity index (χ0n) is 17.9. The maximum atomic E-state index is 12.5. The van der Waals surface area contributed by atoms with Crippen molar-refractivity contribution in [2.24, 2.45) is 0 Å². The third kappa shape index (κ3) is 6.07. The highest BCUT2D eigenvalue weighted by atomic mass is 16.5. The molecule has 0 fully saturated rings. The smallest absolute Gasteiger partial charge is 0.306 e. The summed E-state index contributed by atoms with van der Waals surface area (Å²) in [5, 5.41) is 0. The first kappa shape index (κ1) is 22.3.